The van der Waals surface area contributed by atoms with Crippen LogP contribution in [0.15, 0.2) is 18.2 Å². The maximum atomic E-state index is 4.65. The monoisotopic (exact) mass is 291 g/mol. The van der Waals surface area contributed by atoms with Gasteiger partial charge in [-0.25, -0.2) is 4.98 Å². The van der Waals surface area contributed by atoms with Gasteiger partial charge in [0, 0.05) is 25.2 Å². The number of rotatable bonds is 6. The summed E-state index contributed by atoms with van der Waals surface area (Å²) in [5.41, 5.74) is 2.36. The predicted molar refractivity (Wildman–Crippen MR) is 89.8 cm³/mol. The van der Waals surface area contributed by atoms with E-state index in [1.54, 1.807) is 11.3 Å². The number of nitrogens with one attached hydrogen (secondary N) is 1. The molecule has 1 heterocycles. The molecule has 0 aliphatic rings. The van der Waals surface area contributed by atoms with E-state index < -0.39 is 0 Å². The van der Waals surface area contributed by atoms with E-state index in [-0.39, 0.29) is 0 Å². The van der Waals surface area contributed by atoms with Crippen LogP contribution < -0.4 is 5.32 Å². The Morgan fingerprint density at radius 1 is 1.20 bits per heavy atom. The lowest BCUT2D eigenvalue weighted by molar-refractivity contribution is 0.182. The average Bonchev–Trinajstić information content (AvgIpc) is 2.75. The standard InChI is InChI=1S/C16H25N3S/c1-11(2)19(12(3)4)9-8-17-16-18-14-10-13(5)6-7-15(14)20-16/h6-7,10-12H,8-9H2,1-5H3,(H,17,18). The fraction of sp³-hybridized carbons (Fsp3) is 0.562. The Balaban J connectivity index is 1.95. The van der Waals surface area contributed by atoms with Crippen molar-refractivity contribution < 1.29 is 0 Å². The van der Waals surface area contributed by atoms with Gasteiger partial charge in [0.15, 0.2) is 5.13 Å². The molecule has 1 N–H and O–H groups in total. The minimum Gasteiger partial charge on any atom is -0.360 e. The van der Waals surface area contributed by atoms with Crippen LogP contribution in [-0.2, 0) is 0 Å². The fourth-order valence-electron chi connectivity index (χ4n) is 2.52. The van der Waals surface area contributed by atoms with Crippen molar-refractivity contribution in [3.05, 3.63) is 23.8 Å². The maximum Gasteiger partial charge on any atom is 0.183 e. The second-order valence-electron chi connectivity index (χ2n) is 5.84. The highest BCUT2D eigenvalue weighted by atomic mass is 32.1. The highest BCUT2D eigenvalue weighted by Gasteiger charge is 2.12. The van der Waals surface area contributed by atoms with Crippen molar-refractivity contribution >= 4 is 26.7 Å². The summed E-state index contributed by atoms with van der Waals surface area (Å²) in [6.45, 7) is 13.1. The number of aromatic nitrogens is 1. The molecule has 4 heteroatoms. The number of hydrogen-bond donors (Lipinski definition) is 1. The molecule has 110 valence electrons. The van der Waals surface area contributed by atoms with Gasteiger partial charge in [0.25, 0.3) is 0 Å². The van der Waals surface area contributed by atoms with Crippen LogP contribution >= 0.6 is 11.3 Å². The summed E-state index contributed by atoms with van der Waals surface area (Å²) in [7, 11) is 0. The van der Waals surface area contributed by atoms with E-state index in [9.17, 15) is 0 Å². The van der Waals surface area contributed by atoms with Crippen LogP contribution in [-0.4, -0.2) is 35.1 Å². The Labute approximate surface area is 126 Å². The van der Waals surface area contributed by atoms with Crippen molar-refractivity contribution in [3.8, 4) is 0 Å². The zero-order valence-electron chi connectivity index (χ0n) is 13.1. The molecule has 0 aliphatic carbocycles. The zero-order valence-corrected chi connectivity index (χ0v) is 13.9. The summed E-state index contributed by atoms with van der Waals surface area (Å²) in [4.78, 5) is 7.14. The first-order valence-electron chi connectivity index (χ1n) is 7.34. The summed E-state index contributed by atoms with van der Waals surface area (Å²) < 4.78 is 1.25. The SMILES string of the molecule is Cc1ccc2sc(NCCN(C(C)C)C(C)C)nc2c1. The molecule has 0 saturated heterocycles. The van der Waals surface area contributed by atoms with Gasteiger partial charge in [0.1, 0.15) is 0 Å². The molecule has 0 aliphatic heterocycles. The Bertz CT molecular complexity index is 552. The summed E-state index contributed by atoms with van der Waals surface area (Å²) in [5, 5.41) is 4.49. The van der Waals surface area contributed by atoms with E-state index in [2.05, 4.69) is 68.0 Å². The molecule has 0 saturated carbocycles. The second kappa shape index (κ2) is 6.55. The van der Waals surface area contributed by atoms with Crippen molar-refractivity contribution in [2.24, 2.45) is 0 Å². The van der Waals surface area contributed by atoms with Crippen LogP contribution in [0.2, 0.25) is 0 Å². The molecular formula is C16H25N3S. The molecule has 2 aromatic rings. The molecule has 1 aromatic heterocycles. The lowest BCUT2D eigenvalue weighted by atomic mass is 10.2. The zero-order chi connectivity index (χ0) is 14.7. The van der Waals surface area contributed by atoms with Crippen LogP contribution in [0.25, 0.3) is 10.2 Å². The van der Waals surface area contributed by atoms with Crippen molar-refractivity contribution in [1.82, 2.24) is 9.88 Å². The number of fused-ring (bicyclic) bond motifs is 1. The normalized spacial score (nSPS) is 12.0. The molecule has 0 amide bonds. The van der Waals surface area contributed by atoms with E-state index in [1.165, 1.54) is 10.3 Å². The third kappa shape index (κ3) is 3.70. The number of aryl methyl sites for hydroxylation is 1. The van der Waals surface area contributed by atoms with Crippen molar-refractivity contribution in [3.63, 3.8) is 0 Å². The summed E-state index contributed by atoms with van der Waals surface area (Å²) >= 11 is 1.73. The van der Waals surface area contributed by atoms with Crippen LogP contribution in [0.4, 0.5) is 5.13 Å². The lowest BCUT2D eigenvalue weighted by Crippen LogP contribution is -2.40. The van der Waals surface area contributed by atoms with Crippen LogP contribution in [0.5, 0.6) is 0 Å². The molecule has 3 nitrogen and oxygen atoms in total. The Kier molecular flexibility index (Phi) is 5.00. The highest BCUT2D eigenvalue weighted by molar-refractivity contribution is 7.22. The number of nitrogens with zero attached hydrogens (tertiary/aromatic N) is 2. The fourth-order valence-corrected chi connectivity index (χ4v) is 3.39. The van der Waals surface area contributed by atoms with Gasteiger partial charge < -0.3 is 5.32 Å². The molecule has 0 bridgehead atoms. The third-order valence-corrected chi connectivity index (χ3v) is 4.51. The first kappa shape index (κ1) is 15.3. The molecule has 0 unspecified atom stereocenters. The Morgan fingerprint density at radius 2 is 1.90 bits per heavy atom. The number of hydrogen-bond acceptors (Lipinski definition) is 4. The number of thiazole rings is 1. The highest BCUT2D eigenvalue weighted by Crippen LogP contribution is 2.26. The smallest absolute Gasteiger partial charge is 0.183 e. The van der Waals surface area contributed by atoms with Crippen molar-refractivity contribution in [2.45, 2.75) is 46.7 Å². The molecule has 0 fully saturated rings. The van der Waals surface area contributed by atoms with Gasteiger partial charge in [0.05, 0.1) is 10.2 Å². The van der Waals surface area contributed by atoms with Crippen LogP contribution in [0.3, 0.4) is 0 Å². The van der Waals surface area contributed by atoms with Crippen LogP contribution in [0.1, 0.15) is 33.3 Å². The molecular weight excluding hydrogens is 266 g/mol. The topological polar surface area (TPSA) is 28.2 Å². The Morgan fingerprint density at radius 3 is 2.55 bits per heavy atom. The maximum absolute atomic E-state index is 4.65. The van der Waals surface area contributed by atoms with E-state index in [4.69, 9.17) is 0 Å². The van der Waals surface area contributed by atoms with Gasteiger partial charge in [-0.3, -0.25) is 4.90 Å². The van der Waals surface area contributed by atoms with Crippen LogP contribution in [0, 0.1) is 6.92 Å². The first-order valence-corrected chi connectivity index (χ1v) is 8.16. The minimum atomic E-state index is 0.579. The minimum absolute atomic E-state index is 0.579. The van der Waals surface area contributed by atoms with E-state index in [0.29, 0.717) is 12.1 Å². The second-order valence-corrected chi connectivity index (χ2v) is 6.87. The molecule has 0 spiro atoms. The van der Waals surface area contributed by atoms with Gasteiger partial charge in [-0.15, -0.1) is 0 Å². The number of anilines is 1. The molecule has 0 atom stereocenters. The van der Waals surface area contributed by atoms with E-state index >= 15 is 0 Å². The van der Waals surface area contributed by atoms with Gasteiger partial charge in [-0.2, -0.15) is 0 Å². The van der Waals surface area contributed by atoms with Crippen molar-refractivity contribution in [1.29, 1.82) is 0 Å². The van der Waals surface area contributed by atoms with Gasteiger partial charge in [-0.05, 0) is 52.3 Å². The van der Waals surface area contributed by atoms with Gasteiger partial charge in [-0.1, -0.05) is 17.4 Å². The average molecular weight is 291 g/mol. The molecule has 1 aromatic carbocycles. The molecule has 20 heavy (non-hydrogen) atoms. The van der Waals surface area contributed by atoms with Crippen molar-refractivity contribution in [2.75, 3.05) is 18.4 Å². The van der Waals surface area contributed by atoms with E-state index in [0.717, 1.165) is 23.7 Å². The third-order valence-electron chi connectivity index (χ3n) is 3.52. The summed E-state index contributed by atoms with van der Waals surface area (Å²) in [6.07, 6.45) is 0. The first-order chi connectivity index (χ1) is 9.47. The quantitative estimate of drug-likeness (QED) is 0.867. The van der Waals surface area contributed by atoms with Gasteiger partial charge in [0.2, 0.25) is 0 Å². The number of benzene rings is 1. The predicted octanol–water partition coefficient (Wildman–Crippen LogP) is 4.14. The largest absolute Gasteiger partial charge is 0.360 e. The Hall–Kier alpha value is -1.13. The van der Waals surface area contributed by atoms with E-state index in [1.807, 2.05) is 0 Å². The molecule has 2 rings (SSSR count). The lowest BCUT2D eigenvalue weighted by Gasteiger charge is -2.30. The van der Waals surface area contributed by atoms with Gasteiger partial charge >= 0.3 is 0 Å². The summed E-state index contributed by atoms with van der Waals surface area (Å²) in [5.74, 6) is 0. The summed E-state index contributed by atoms with van der Waals surface area (Å²) in [6, 6.07) is 7.60. The molecule has 0 radical (unpaired) electrons.